The highest BCUT2D eigenvalue weighted by atomic mass is 35.5. The van der Waals surface area contributed by atoms with E-state index in [1.807, 2.05) is 11.8 Å². The molecular formula is C13H17ClFNS. The number of benzene rings is 1. The second-order valence-corrected chi connectivity index (χ2v) is 6.83. The zero-order valence-electron chi connectivity index (χ0n) is 9.93. The molecule has 1 aliphatic rings. The zero-order valence-corrected chi connectivity index (χ0v) is 11.5. The van der Waals surface area contributed by atoms with Gasteiger partial charge in [0.25, 0.3) is 0 Å². The van der Waals surface area contributed by atoms with Crippen molar-refractivity contribution in [1.29, 1.82) is 0 Å². The minimum atomic E-state index is -0.229. The first-order valence-corrected chi connectivity index (χ1v) is 7.24. The van der Waals surface area contributed by atoms with Crippen LogP contribution in [0.3, 0.4) is 0 Å². The first kappa shape index (κ1) is 13.2. The summed E-state index contributed by atoms with van der Waals surface area (Å²) in [6, 6.07) is 4.50. The van der Waals surface area contributed by atoms with E-state index < -0.39 is 0 Å². The Hall–Kier alpha value is -0.250. The number of hydrogen-bond donors (Lipinski definition) is 1. The third kappa shape index (κ3) is 3.60. The molecule has 0 radical (unpaired) electrons. The Bertz CT molecular complexity index is 391. The lowest BCUT2D eigenvalue weighted by Gasteiger charge is -2.23. The molecule has 0 aromatic heterocycles. The molecule has 1 atom stereocenters. The van der Waals surface area contributed by atoms with Crippen LogP contribution in [0.4, 0.5) is 4.39 Å². The molecule has 1 aliphatic heterocycles. The van der Waals surface area contributed by atoms with Gasteiger partial charge in [-0.05, 0) is 49.3 Å². The van der Waals surface area contributed by atoms with E-state index in [9.17, 15) is 4.39 Å². The summed E-state index contributed by atoms with van der Waals surface area (Å²) in [6.07, 6.45) is 2.55. The van der Waals surface area contributed by atoms with E-state index in [2.05, 4.69) is 12.2 Å². The summed E-state index contributed by atoms with van der Waals surface area (Å²) in [6.45, 7) is 3.86. The molecule has 17 heavy (non-hydrogen) atoms. The Labute approximate surface area is 111 Å². The van der Waals surface area contributed by atoms with Gasteiger partial charge in [-0.25, -0.2) is 4.39 Å². The molecule has 2 rings (SSSR count). The molecule has 94 valence electrons. The van der Waals surface area contributed by atoms with Gasteiger partial charge in [0.2, 0.25) is 0 Å². The third-order valence-electron chi connectivity index (χ3n) is 3.12. The van der Waals surface area contributed by atoms with Crippen LogP contribution in [0.1, 0.15) is 25.3 Å². The summed E-state index contributed by atoms with van der Waals surface area (Å²) < 4.78 is 13.4. The van der Waals surface area contributed by atoms with Gasteiger partial charge in [0, 0.05) is 22.9 Å². The maximum atomic E-state index is 13.1. The minimum absolute atomic E-state index is 0.229. The second-order valence-electron chi connectivity index (χ2n) is 4.74. The lowest BCUT2D eigenvalue weighted by atomic mass is 10.1. The fraction of sp³-hybridized carbons (Fsp3) is 0.538. The molecule has 0 bridgehead atoms. The standard InChI is InChI=1S/C13H17ClFNS/c1-13(5-2-6-17-13)9-16-8-10-7-11(15)3-4-12(10)14/h3-4,7,16H,2,5-6,8-9H2,1H3. The molecule has 1 saturated heterocycles. The summed E-state index contributed by atoms with van der Waals surface area (Å²) in [5, 5.41) is 4.01. The Balaban J connectivity index is 1.87. The highest BCUT2D eigenvalue weighted by molar-refractivity contribution is 8.00. The van der Waals surface area contributed by atoms with Gasteiger partial charge >= 0.3 is 0 Å². The summed E-state index contributed by atoms with van der Waals surface area (Å²) in [7, 11) is 0. The van der Waals surface area contributed by atoms with Crippen LogP contribution in [0.15, 0.2) is 18.2 Å². The first-order valence-electron chi connectivity index (χ1n) is 5.88. The summed E-state index contributed by atoms with van der Waals surface area (Å²) >= 11 is 8.03. The van der Waals surface area contributed by atoms with Gasteiger partial charge in [-0.2, -0.15) is 11.8 Å². The number of thioether (sulfide) groups is 1. The molecule has 1 aromatic rings. The van der Waals surface area contributed by atoms with Gasteiger partial charge in [-0.15, -0.1) is 0 Å². The van der Waals surface area contributed by atoms with E-state index in [0.717, 1.165) is 12.1 Å². The molecule has 1 heterocycles. The number of nitrogens with one attached hydrogen (secondary N) is 1. The molecule has 1 nitrogen and oxygen atoms in total. The topological polar surface area (TPSA) is 12.0 Å². The number of hydrogen-bond acceptors (Lipinski definition) is 2. The van der Waals surface area contributed by atoms with Crippen molar-refractivity contribution in [1.82, 2.24) is 5.32 Å². The number of rotatable bonds is 4. The molecule has 0 spiro atoms. The van der Waals surface area contributed by atoms with E-state index in [1.165, 1.54) is 30.7 Å². The highest BCUT2D eigenvalue weighted by Crippen LogP contribution is 2.37. The van der Waals surface area contributed by atoms with Crippen LogP contribution in [0.5, 0.6) is 0 Å². The lowest BCUT2D eigenvalue weighted by Crippen LogP contribution is -2.32. The molecular weight excluding hydrogens is 257 g/mol. The van der Waals surface area contributed by atoms with E-state index in [0.29, 0.717) is 16.3 Å². The van der Waals surface area contributed by atoms with Gasteiger partial charge in [0.1, 0.15) is 5.82 Å². The predicted octanol–water partition coefficient (Wildman–Crippen LogP) is 3.85. The Kier molecular flexibility index (Phi) is 4.34. The normalized spacial score (nSPS) is 24.2. The maximum Gasteiger partial charge on any atom is 0.123 e. The predicted molar refractivity (Wildman–Crippen MR) is 73.2 cm³/mol. The average molecular weight is 274 g/mol. The number of halogens is 2. The van der Waals surface area contributed by atoms with Crippen molar-refractivity contribution in [3.8, 4) is 0 Å². The molecule has 4 heteroatoms. The van der Waals surface area contributed by atoms with Crippen LogP contribution < -0.4 is 5.32 Å². The van der Waals surface area contributed by atoms with Gasteiger partial charge in [0.05, 0.1) is 0 Å². The summed E-state index contributed by atoms with van der Waals surface area (Å²) in [5.41, 5.74) is 0.832. The highest BCUT2D eigenvalue weighted by Gasteiger charge is 2.28. The molecule has 1 unspecified atom stereocenters. The van der Waals surface area contributed by atoms with Crippen molar-refractivity contribution < 1.29 is 4.39 Å². The smallest absolute Gasteiger partial charge is 0.123 e. The second kappa shape index (κ2) is 5.59. The van der Waals surface area contributed by atoms with Crippen LogP contribution in [-0.2, 0) is 6.54 Å². The van der Waals surface area contributed by atoms with Gasteiger partial charge < -0.3 is 5.32 Å². The molecule has 0 saturated carbocycles. The van der Waals surface area contributed by atoms with Gasteiger partial charge in [-0.3, -0.25) is 0 Å². The molecule has 1 N–H and O–H groups in total. The fourth-order valence-corrected chi connectivity index (χ4v) is 3.58. The van der Waals surface area contributed by atoms with Crippen molar-refractivity contribution in [3.05, 3.63) is 34.6 Å². The zero-order chi connectivity index (χ0) is 12.3. The van der Waals surface area contributed by atoms with Gasteiger partial charge in [0.15, 0.2) is 0 Å². The van der Waals surface area contributed by atoms with E-state index in [4.69, 9.17) is 11.6 Å². The van der Waals surface area contributed by atoms with Crippen molar-refractivity contribution in [2.24, 2.45) is 0 Å². The van der Waals surface area contributed by atoms with Crippen molar-refractivity contribution in [2.75, 3.05) is 12.3 Å². The van der Waals surface area contributed by atoms with E-state index in [1.54, 1.807) is 6.07 Å². The summed E-state index contributed by atoms with van der Waals surface area (Å²) in [5.74, 6) is 1.02. The first-order chi connectivity index (χ1) is 8.09. The van der Waals surface area contributed by atoms with Crippen LogP contribution >= 0.6 is 23.4 Å². The van der Waals surface area contributed by atoms with Crippen molar-refractivity contribution in [2.45, 2.75) is 31.1 Å². The Morgan fingerprint density at radius 3 is 3.06 bits per heavy atom. The minimum Gasteiger partial charge on any atom is -0.311 e. The molecule has 1 aromatic carbocycles. The van der Waals surface area contributed by atoms with Crippen LogP contribution in [0, 0.1) is 5.82 Å². The third-order valence-corrected chi connectivity index (χ3v) is 5.03. The summed E-state index contributed by atoms with van der Waals surface area (Å²) in [4.78, 5) is 0. The largest absolute Gasteiger partial charge is 0.311 e. The monoisotopic (exact) mass is 273 g/mol. The molecule has 0 amide bonds. The van der Waals surface area contributed by atoms with E-state index in [-0.39, 0.29) is 5.82 Å². The Morgan fingerprint density at radius 2 is 2.35 bits per heavy atom. The Morgan fingerprint density at radius 1 is 1.53 bits per heavy atom. The maximum absolute atomic E-state index is 13.1. The van der Waals surface area contributed by atoms with E-state index >= 15 is 0 Å². The average Bonchev–Trinajstić information content (AvgIpc) is 2.71. The van der Waals surface area contributed by atoms with Crippen molar-refractivity contribution >= 4 is 23.4 Å². The van der Waals surface area contributed by atoms with Crippen molar-refractivity contribution in [3.63, 3.8) is 0 Å². The van der Waals surface area contributed by atoms with Crippen LogP contribution in [0.25, 0.3) is 0 Å². The molecule has 1 fully saturated rings. The fourth-order valence-electron chi connectivity index (χ4n) is 2.12. The van der Waals surface area contributed by atoms with Gasteiger partial charge in [-0.1, -0.05) is 11.6 Å². The molecule has 0 aliphatic carbocycles. The lowest BCUT2D eigenvalue weighted by molar-refractivity contribution is 0.535. The van der Waals surface area contributed by atoms with Crippen LogP contribution in [-0.4, -0.2) is 17.0 Å². The quantitative estimate of drug-likeness (QED) is 0.894. The SMILES string of the molecule is CC1(CNCc2cc(F)ccc2Cl)CCCS1. The van der Waals surface area contributed by atoms with Crippen LogP contribution in [0.2, 0.25) is 5.02 Å².